The van der Waals surface area contributed by atoms with Crippen LogP contribution in [0.3, 0.4) is 0 Å². The van der Waals surface area contributed by atoms with E-state index in [0.717, 1.165) is 15.6 Å². The first-order valence-electron chi connectivity index (χ1n) is 5.83. The molecule has 96 valence electrons. The molecule has 1 N–H and O–H groups in total. The fourth-order valence-corrected chi connectivity index (χ4v) is 2.18. The van der Waals surface area contributed by atoms with Crippen molar-refractivity contribution in [2.75, 3.05) is 0 Å². The Morgan fingerprint density at radius 2 is 1.95 bits per heavy atom. The van der Waals surface area contributed by atoms with Crippen LogP contribution in [0, 0.1) is 17.1 Å². The number of hydrogen-bond acceptors (Lipinski definition) is 2. The summed E-state index contributed by atoms with van der Waals surface area (Å²) in [6.45, 7) is 1.30. The van der Waals surface area contributed by atoms with Gasteiger partial charge in [0, 0.05) is 17.6 Å². The van der Waals surface area contributed by atoms with Crippen molar-refractivity contribution in [3.63, 3.8) is 0 Å². The third-order valence-electron chi connectivity index (χ3n) is 2.75. The molecule has 0 atom stereocenters. The maximum atomic E-state index is 13.2. The van der Waals surface area contributed by atoms with Gasteiger partial charge >= 0.3 is 0 Å². The molecule has 0 saturated heterocycles. The minimum Gasteiger partial charge on any atom is -0.309 e. The van der Waals surface area contributed by atoms with Gasteiger partial charge in [-0.3, -0.25) is 0 Å². The molecule has 4 heteroatoms. The highest BCUT2D eigenvalue weighted by Gasteiger charge is 2.03. The van der Waals surface area contributed by atoms with Crippen molar-refractivity contribution >= 4 is 15.9 Å². The van der Waals surface area contributed by atoms with E-state index in [1.807, 2.05) is 30.3 Å². The van der Waals surface area contributed by atoms with Crippen molar-refractivity contribution in [1.82, 2.24) is 5.32 Å². The second-order valence-electron chi connectivity index (χ2n) is 4.12. The third kappa shape index (κ3) is 3.63. The van der Waals surface area contributed by atoms with Crippen LogP contribution in [-0.2, 0) is 13.1 Å². The zero-order valence-electron chi connectivity index (χ0n) is 10.2. The molecule has 0 saturated carbocycles. The van der Waals surface area contributed by atoms with E-state index in [1.54, 1.807) is 12.1 Å². The summed E-state index contributed by atoms with van der Waals surface area (Å²) in [5.41, 5.74) is 2.13. The van der Waals surface area contributed by atoms with Crippen molar-refractivity contribution in [3.05, 3.63) is 69.4 Å². The largest absolute Gasteiger partial charge is 0.309 e. The van der Waals surface area contributed by atoms with Gasteiger partial charge in [0.1, 0.15) is 11.9 Å². The molecule has 2 nitrogen and oxygen atoms in total. The number of rotatable bonds is 4. The minimum absolute atomic E-state index is 0.0835. The number of benzene rings is 2. The van der Waals surface area contributed by atoms with Gasteiger partial charge in [0.25, 0.3) is 0 Å². The van der Waals surface area contributed by atoms with E-state index in [2.05, 4.69) is 21.2 Å². The monoisotopic (exact) mass is 318 g/mol. The zero-order valence-corrected chi connectivity index (χ0v) is 11.7. The van der Waals surface area contributed by atoms with E-state index in [-0.39, 0.29) is 5.56 Å². The van der Waals surface area contributed by atoms with Gasteiger partial charge < -0.3 is 5.32 Å². The molecule has 0 heterocycles. The first-order valence-corrected chi connectivity index (χ1v) is 6.62. The fraction of sp³-hybridized carbons (Fsp3) is 0.133. The summed E-state index contributed by atoms with van der Waals surface area (Å²) >= 11 is 3.48. The van der Waals surface area contributed by atoms with Gasteiger partial charge in [0.15, 0.2) is 0 Å². The van der Waals surface area contributed by atoms with Crippen molar-refractivity contribution in [1.29, 1.82) is 5.26 Å². The zero-order chi connectivity index (χ0) is 13.7. The lowest BCUT2D eigenvalue weighted by atomic mass is 10.1. The Balaban J connectivity index is 1.97. The maximum Gasteiger partial charge on any atom is 0.140 e. The van der Waals surface area contributed by atoms with E-state index < -0.39 is 5.82 Å². The molecular weight excluding hydrogens is 307 g/mol. The highest BCUT2D eigenvalue weighted by Crippen LogP contribution is 2.15. The smallest absolute Gasteiger partial charge is 0.140 e. The maximum absolute atomic E-state index is 13.2. The van der Waals surface area contributed by atoms with E-state index in [9.17, 15) is 4.39 Å². The first-order chi connectivity index (χ1) is 9.20. The molecule has 0 bridgehead atoms. The lowest BCUT2D eigenvalue weighted by Crippen LogP contribution is -2.13. The molecule has 0 aromatic heterocycles. The quantitative estimate of drug-likeness (QED) is 0.932. The molecule has 2 rings (SSSR count). The molecule has 2 aromatic carbocycles. The standard InChI is InChI=1S/C15H12BrFN2/c16-14-4-2-1-3-12(14)10-19-9-11-5-6-15(17)13(7-11)8-18/h1-7,19H,9-10H2. The summed E-state index contributed by atoms with van der Waals surface area (Å²) in [6.07, 6.45) is 0. The van der Waals surface area contributed by atoms with Crippen LogP contribution in [0.25, 0.3) is 0 Å². The van der Waals surface area contributed by atoms with Crippen molar-refractivity contribution in [2.24, 2.45) is 0 Å². The van der Waals surface area contributed by atoms with Gasteiger partial charge in [0.05, 0.1) is 5.56 Å². The Bertz CT molecular complexity index is 620. The molecule has 2 aromatic rings. The molecule has 0 aliphatic rings. The summed E-state index contributed by atoms with van der Waals surface area (Å²) in [4.78, 5) is 0. The molecular formula is C15H12BrFN2. The minimum atomic E-state index is -0.475. The number of hydrogen-bond donors (Lipinski definition) is 1. The fourth-order valence-electron chi connectivity index (χ4n) is 1.75. The van der Waals surface area contributed by atoms with Crippen LogP contribution in [0.4, 0.5) is 4.39 Å². The Kier molecular flexibility index (Phi) is 4.67. The Morgan fingerprint density at radius 3 is 2.68 bits per heavy atom. The first kappa shape index (κ1) is 13.7. The van der Waals surface area contributed by atoms with Gasteiger partial charge in [-0.1, -0.05) is 40.2 Å². The lowest BCUT2D eigenvalue weighted by molar-refractivity contribution is 0.621. The van der Waals surface area contributed by atoms with E-state index in [1.165, 1.54) is 6.07 Å². The Hall–Kier alpha value is -1.70. The summed E-state index contributed by atoms with van der Waals surface area (Å²) < 4.78 is 14.2. The molecule has 0 spiro atoms. The normalized spacial score (nSPS) is 10.2. The third-order valence-corrected chi connectivity index (χ3v) is 3.53. The van der Waals surface area contributed by atoms with Crippen molar-refractivity contribution in [2.45, 2.75) is 13.1 Å². The lowest BCUT2D eigenvalue weighted by Gasteiger charge is -2.07. The van der Waals surface area contributed by atoms with E-state index in [4.69, 9.17) is 5.26 Å². The molecule has 0 fully saturated rings. The van der Waals surface area contributed by atoms with Crippen LogP contribution in [0.5, 0.6) is 0 Å². The van der Waals surface area contributed by atoms with Gasteiger partial charge in [-0.25, -0.2) is 4.39 Å². The molecule has 0 amide bonds. The number of nitrogens with one attached hydrogen (secondary N) is 1. The Morgan fingerprint density at radius 1 is 1.16 bits per heavy atom. The highest BCUT2D eigenvalue weighted by atomic mass is 79.9. The highest BCUT2D eigenvalue weighted by molar-refractivity contribution is 9.10. The summed E-state index contributed by atoms with van der Waals surface area (Å²) in [7, 11) is 0. The van der Waals surface area contributed by atoms with Crippen LogP contribution in [0.15, 0.2) is 46.9 Å². The van der Waals surface area contributed by atoms with Crippen LogP contribution in [-0.4, -0.2) is 0 Å². The van der Waals surface area contributed by atoms with Crippen LogP contribution in [0.1, 0.15) is 16.7 Å². The number of nitriles is 1. The van der Waals surface area contributed by atoms with Crippen LogP contribution in [0.2, 0.25) is 0 Å². The molecule has 0 radical (unpaired) electrons. The molecule has 0 aliphatic heterocycles. The number of nitrogens with zero attached hydrogens (tertiary/aromatic N) is 1. The summed E-state index contributed by atoms with van der Waals surface area (Å²) in [5, 5.41) is 12.0. The summed E-state index contributed by atoms with van der Waals surface area (Å²) in [6, 6.07) is 14.4. The molecule has 19 heavy (non-hydrogen) atoms. The second-order valence-corrected chi connectivity index (χ2v) is 4.98. The van der Waals surface area contributed by atoms with Crippen molar-refractivity contribution in [3.8, 4) is 6.07 Å². The Labute approximate surface area is 120 Å². The SMILES string of the molecule is N#Cc1cc(CNCc2ccccc2Br)ccc1F. The van der Waals surface area contributed by atoms with E-state index >= 15 is 0 Å². The van der Waals surface area contributed by atoms with Gasteiger partial charge in [0.2, 0.25) is 0 Å². The summed E-state index contributed by atoms with van der Waals surface area (Å²) in [5.74, 6) is -0.475. The van der Waals surface area contributed by atoms with E-state index in [0.29, 0.717) is 13.1 Å². The average molecular weight is 319 g/mol. The van der Waals surface area contributed by atoms with Crippen LogP contribution < -0.4 is 5.32 Å². The van der Waals surface area contributed by atoms with Crippen LogP contribution >= 0.6 is 15.9 Å². The molecule has 0 unspecified atom stereocenters. The topological polar surface area (TPSA) is 35.8 Å². The van der Waals surface area contributed by atoms with Gasteiger partial charge in [-0.15, -0.1) is 0 Å². The molecule has 0 aliphatic carbocycles. The van der Waals surface area contributed by atoms with Crippen molar-refractivity contribution < 1.29 is 4.39 Å². The predicted octanol–water partition coefficient (Wildman–Crippen LogP) is 3.75. The average Bonchev–Trinajstić information content (AvgIpc) is 2.43. The predicted molar refractivity (Wildman–Crippen MR) is 75.8 cm³/mol. The van der Waals surface area contributed by atoms with Gasteiger partial charge in [-0.2, -0.15) is 5.26 Å². The second kappa shape index (κ2) is 6.46. The number of halogens is 2. The van der Waals surface area contributed by atoms with Gasteiger partial charge in [-0.05, 0) is 29.3 Å².